The number of carboxylic acid groups (broad SMARTS) is 1. The molecular formula is C13H21NO5. The van der Waals surface area contributed by atoms with Crippen LogP contribution in [-0.4, -0.2) is 48.9 Å². The third-order valence-electron chi connectivity index (χ3n) is 2.91. The molecule has 1 unspecified atom stereocenters. The average molecular weight is 271 g/mol. The molecule has 0 saturated heterocycles. The fourth-order valence-corrected chi connectivity index (χ4v) is 1.93. The summed E-state index contributed by atoms with van der Waals surface area (Å²) in [6, 6.07) is -1.06. The molecule has 19 heavy (non-hydrogen) atoms. The molecule has 0 aromatic carbocycles. The summed E-state index contributed by atoms with van der Waals surface area (Å²) in [5, 5.41) is 11.3. The third-order valence-corrected chi connectivity index (χ3v) is 2.91. The maximum absolute atomic E-state index is 11.6. The zero-order valence-corrected chi connectivity index (χ0v) is 11.0. The minimum atomic E-state index is -1.13. The highest BCUT2D eigenvalue weighted by Crippen LogP contribution is 2.20. The van der Waals surface area contributed by atoms with E-state index in [-0.39, 0.29) is 25.9 Å². The Morgan fingerprint density at radius 2 is 2.11 bits per heavy atom. The van der Waals surface area contributed by atoms with Gasteiger partial charge in [0.2, 0.25) is 5.91 Å². The summed E-state index contributed by atoms with van der Waals surface area (Å²) in [4.78, 5) is 22.5. The lowest BCUT2D eigenvalue weighted by Crippen LogP contribution is -2.45. The van der Waals surface area contributed by atoms with E-state index >= 15 is 0 Å². The molecule has 0 spiro atoms. The monoisotopic (exact) mass is 271 g/mol. The van der Waals surface area contributed by atoms with E-state index in [0.717, 1.165) is 25.7 Å². The largest absolute Gasteiger partial charge is 0.480 e. The molecule has 0 aromatic heterocycles. The van der Waals surface area contributed by atoms with Crippen LogP contribution in [-0.2, 0) is 19.1 Å². The van der Waals surface area contributed by atoms with Crippen LogP contribution in [0.15, 0.2) is 12.7 Å². The minimum absolute atomic E-state index is 0.0868. The Kier molecular flexibility index (Phi) is 7.14. The van der Waals surface area contributed by atoms with Crippen LogP contribution in [0.1, 0.15) is 25.7 Å². The van der Waals surface area contributed by atoms with E-state index in [9.17, 15) is 9.59 Å². The highest BCUT2D eigenvalue weighted by molar-refractivity contribution is 5.84. The lowest BCUT2D eigenvalue weighted by atomic mass is 10.3. The first-order valence-corrected chi connectivity index (χ1v) is 6.46. The number of rotatable bonds is 9. The zero-order chi connectivity index (χ0) is 14.1. The van der Waals surface area contributed by atoms with E-state index in [1.165, 1.54) is 6.08 Å². The summed E-state index contributed by atoms with van der Waals surface area (Å²) in [6.07, 6.45) is 5.84. The molecule has 1 atom stereocenters. The molecule has 108 valence electrons. The molecule has 0 aliphatic heterocycles. The van der Waals surface area contributed by atoms with Crippen molar-refractivity contribution in [2.75, 3.05) is 19.8 Å². The first-order valence-electron chi connectivity index (χ1n) is 6.46. The molecule has 0 heterocycles. The molecule has 0 bridgehead atoms. The maximum Gasteiger partial charge on any atom is 0.328 e. The smallest absolute Gasteiger partial charge is 0.328 e. The summed E-state index contributed by atoms with van der Waals surface area (Å²) in [5.74, 6) is -1.56. The van der Waals surface area contributed by atoms with Crippen molar-refractivity contribution in [3.05, 3.63) is 12.7 Å². The second-order valence-electron chi connectivity index (χ2n) is 4.50. The summed E-state index contributed by atoms with van der Waals surface area (Å²) >= 11 is 0. The number of hydrogen-bond acceptors (Lipinski definition) is 4. The van der Waals surface area contributed by atoms with Gasteiger partial charge in [0.15, 0.2) is 6.04 Å². The molecule has 1 fully saturated rings. The topological polar surface area (TPSA) is 84.9 Å². The van der Waals surface area contributed by atoms with Crippen molar-refractivity contribution in [1.82, 2.24) is 5.32 Å². The van der Waals surface area contributed by atoms with Crippen molar-refractivity contribution in [2.45, 2.75) is 37.8 Å². The van der Waals surface area contributed by atoms with Crippen LogP contribution < -0.4 is 5.32 Å². The van der Waals surface area contributed by atoms with Crippen LogP contribution >= 0.6 is 0 Å². The number of ether oxygens (including phenoxy) is 2. The quantitative estimate of drug-likeness (QED) is 0.477. The van der Waals surface area contributed by atoms with E-state index in [0.29, 0.717) is 0 Å². The summed E-state index contributed by atoms with van der Waals surface area (Å²) in [6.45, 7) is 3.52. The maximum atomic E-state index is 11.6. The van der Waals surface area contributed by atoms with E-state index < -0.39 is 17.9 Å². The van der Waals surface area contributed by atoms with Gasteiger partial charge in [-0.25, -0.2) is 4.79 Å². The predicted octanol–water partition coefficient (Wildman–Crippen LogP) is 0.718. The molecule has 2 N–H and O–H groups in total. The number of carbonyl (C=O) groups excluding carboxylic acids is 1. The van der Waals surface area contributed by atoms with E-state index in [1.54, 1.807) is 0 Å². The predicted molar refractivity (Wildman–Crippen MR) is 68.8 cm³/mol. The number of nitrogens with one attached hydrogen (secondary N) is 1. The molecule has 0 aromatic rings. The number of hydrogen-bond donors (Lipinski definition) is 2. The highest BCUT2D eigenvalue weighted by atomic mass is 16.5. The number of carboxylic acids is 1. The third kappa shape index (κ3) is 6.35. The second kappa shape index (κ2) is 8.66. The van der Waals surface area contributed by atoms with E-state index in [4.69, 9.17) is 14.6 Å². The van der Waals surface area contributed by atoms with Crippen molar-refractivity contribution in [1.29, 1.82) is 0 Å². The lowest BCUT2D eigenvalue weighted by Gasteiger charge is -2.15. The molecule has 1 saturated carbocycles. The van der Waals surface area contributed by atoms with Crippen molar-refractivity contribution in [3.8, 4) is 0 Å². The molecular weight excluding hydrogens is 250 g/mol. The van der Waals surface area contributed by atoms with Crippen LogP contribution in [0.4, 0.5) is 0 Å². The molecule has 1 aliphatic carbocycles. The first kappa shape index (κ1) is 15.7. The minimum Gasteiger partial charge on any atom is -0.480 e. The molecule has 1 amide bonds. The second-order valence-corrected chi connectivity index (χ2v) is 4.50. The molecule has 6 heteroatoms. The Morgan fingerprint density at radius 1 is 1.42 bits per heavy atom. The van der Waals surface area contributed by atoms with Crippen molar-refractivity contribution in [3.63, 3.8) is 0 Å². The Balaban J connectivity index is 2.25. The van der Waals surface area contributed by atoms with Gasteiger partial charge in [0.1, 0.15) is 6.61 Å². The summed E-state index contributed by atoms with van der Waals surface area (Å²) in [7, 11) is 0. The lowest BCUT2D eigenvalue weighted by molar-refractivity contribution is -0.144. The van der Waals surface area contributed by atoms with Crippen LogP contribution in [0.25, 0.3) is 0 Å². The SMILES string of the molecule is C=CCOCC(NC(=O)COC1CCCC1)C(=O)O. The zero-order valence-electron chi connectivity index (χ0n) is 11.0. The van der Waals surface area contributed by atoms with Gasteiger partial charge in [0, 0.05) is 0 Å². The fourth-order valence-electron chi connectivity index (χ4n) is 1.93. The molecule has 6 nitrogen and oxygen atoms in total. The van der Waals surface area contributed by atoms with Crippen molar-refractivity contribution < 1.29 is 24.2 Å². The standard InChI is InChI=1S/C13H21NO5/c1-2-7-18-8-11(13(16)17)14-12(15)9-19-10-5-3-4-6-10/h2,10-11H,1,3-9H2,(H,14,15)(H,16,17). The Hall–Kier alpha value is -1.40. The van der Waals surface area contributed by atoms with Crippen LogP contribution in [0, 0.1) is 0 Å². The van der Waals surface area contributed by atoms with Crippen LogP contribution in [0.5, 0.6) is 0 Å². The first-order chi connectivity index (χ1) is 9.13. The van der Waals surface area contributed by atoms with Gasteiger partial charge in [-0.3, -0.25) is 4.79 Å². The molecule has 1 aliphatic rings. The van der Waals surface area contributed by atoms with E-state index in [1.807, 2.05) is 0 Å². The van der Waals surface area contributed by atoms with Gasteiger partial charge >= 0.3 is 5.97 Å². The highest BCUT2D eigenvalue weighted by Gasteiger charge is 2.21. The fraction of sp³-hybridized carbons (Fsp3) is 0.692. The summed E-state index contributed by atoms with van der Waals surface area (Å²) < 4.78 is 10.4. The van der Waals surface area contributed by atoms with Gasteiger partial charge in [-0.15, -0.1) is 6.58 Å². The Labute approximate surface area is 112 Å². The van der Waals surface area contributed by atoms with Crippen molar-refractivity contribution in [2.24, 2.45) is 0 Å². The number of aliphatic carboxylic acids is 1. The van der Waals surface area contributed by atoms with Gasteiger partial charge < -0.3 is 19.9 Å². The molecule has 1 rings (SSSR count). The van der Waals surface area contributed by atoms with Gasteiger partial charge in [0.05, 0.1) is 19.3 Å². The summed E-state index contributed by atoms with van der Waals surface area (Å²) in [5.41, 5.74) is 0. The number of carbonyl (C=O) groups is 2. The average Bonchev–Trinajstić information content (AvgIpc) is 2.88. The number of amides is 1. The van der Waals surface area contributed by atoms with Gasteiger partial charge in [-0.1, -0.05) is 18.9 Å². The van der Waals surface area contributed by atoms with Crippen LogP contribution in [0.3, 0.4) is 0 Å². The van der Waals surface area contributed by atoms with Gasteiger partial charge in [-0.05, 0) is 12.8 Å². The Morgan fingerprint density at radius 3 is 2.68 bits per heavy atom. The Bertz CT molecular complexity index is 312. The normalized spacial score (nSPS) is 17.1. The van der Waals surface area contributed by atoms with E-state index in [2.05, 4.69) is 11.9 Å². The van der Waals surface area contributed by atoms with Gasteiger partial charge in [-0.2, -0.15) is 0 Å². The van der Waals surface area contributed by atoms with Crippen LogP contribution in [0.2, 0.25) is 0 Å². The molecule has 0 radical (unpaired) electrons. The van der Waals surface area contributed by atoms with Crippen molar-refractivity contribution >= 4 is 11.9 Å². The van der Waals surface area contributed by atoms with Gasteiger partial charge in [0.25, 0.3) is 0 Å².